The summed E-state index contributed by atoms with van der Waals surface area (Å²) in [5, 5.41) is 6.18. The summed E-state index contributed by atoms with van der Waals surface area (Å²) >= 11 is 0. The fourth-order valence-electron chi connectivity index (χ4n) is 1.54. The fourth-order valence-corrected chi connectivity index (χ4v) is 1.54. The van der Waals surface area contributed by atoms with Crippen molar-refractivity contribution >= 4 is 23.6 Å². The van der Waals surface area contributed by atoms with E-state index in [0.29, 0.717) is 5.56 Å². The van der Waals surface area contributed by atoms with Crippen LogP contribution in [-0.4, -0.2) is 17.0 Å². The van der Waals surface area contributed by atoms with Crippen LogP contribution in [0.2, 0.25) is 0 Å². The second kappa shape index (κ2) is 5.43. The zero-order valence-electron chi connectivity index (χ0n) is 11.0. The van der Waals surface area contributed by atoms with Crippen molar-refractivity contribution in [1.29, 1.82) is 0 Å². The molecule has 2 rings (SSSR count). The minimum absolute atomic E-state index is 0.133. The lowest BCUT2D eigenvalue weighted by Gasteiger charge is -2.08. The number of hydrogen-bond acceptors (Lipinski definition) is 6. The molecule has 0 bridgehead atoms. The molecule has 0 aliphatic rings. The summed E-state index contributed by atoms with van der Waals surface area (Å²) in [4.78, 5) is 23.2. The van der Waals surface area contributed by atoms with E-state index in [-0.39, 0.29) is 23.0 Å². The van der Waals surface area contributed by atoms with Gasteiger partial charge in [-0.25, -0.2) is 0 Å². The Morgan fingerprint density at radius 2 is 2.05 bits per heavy atom. The first-order chi connectivity index (χ1) is 9.49. The van der Waals surface area contributed by atoms with Gasteiger partial charge in [0, 0.05) is 6.92 Å². The van der Waals surface area contributed by atoms with Crippen LogP contribution in [0.1, 0.15) is 22.8 Å². The van der Waals surface area contributed by atoms with Crippen LogP contribution in [0.25, 0.3) is 0 Å². The first-order valence-corrected chi connectivity index (χ1v) is 5.79. The first kappa shape index (κ1) is 13.6. The topological polar surface area (TPSA) is 107 Å². The Morgan fingerprint density at radius 3 is 2.65 bits per heavy atom. The summed E-state index contributed by atoms with van der Waals surface area (Å²) in [6, 6.07) is 6.38. The summed E-state index contributed by atoms with van der Waals surface area (Å²) in [6.45, 7) is 2.93. The van der Waals surface area contributed by atoms with E-state index < -0.39 is 11.9 Å². The van der Waals surface area contributed by atoms with E-state index >= 15 is 0 Å². The molecule has 0 atom stereocenters. The van der Waals surface area contributed by atoms with E-state index in [0.717, 1.165) is 0 Å². The predicted molar refractivity (Wildman–Crippen MR) is 71.4 cm³/mol. The molecular formula is C13H13N3O4. The Labute approximate surface area is 114 Å². The number of benzene rings is 1. The maximum absolute atomic E-state index is 12.2. The Kier molecular flexibility index (Phi) is 3.69. The predicted octanol–water partition coefficient (Wildman–Crippen LogP) is 1.74. The lowest BCUT2D eigenvalue weighted by atomic mass is 10.2. The highest BCUT2D eigenvalue weighted by atomic mass is 16.5. The highest BCUT2D eigenvalue weighted by Gasteiger charge is 2.17. The van der Waals surface area contributed by atoms with Crippen molar-refractivity contribution in [3.8, 4) is 5.75 Å². The molecule has 1 aromatic carbocycles. The zero-order valence-corrected chi connectivity index (χ0v) is 11.0. The standard InChI is InChI=1S/C13H13N3O4/c1-7-11(14)20-16-12(7)15-13(18)9-5-3-4-6-10(9)19-8(2)17/h3-6H,14H2,1-2H3,(H,15,16,18). The molecule has 1 amide bonds. The fraction of sp³-hybridized carbons (Fsp3) is 0.154. The van der Waals surface area contributed by atoms with E-state index in [9.17, 15) is 9.59 Å². The molecule has 3 N–H and O–H groups in total. The molecule has 2 aromatic rings. The number of nitrogens with two attached hydrogens (primary N) is 1. The normalized spacial score (nSPS) is 10.1. The van der Waals surface area contributed by atoms with Gasteiger partial charge in [-0.2, -0.15) is 0 Å². The van der Waals surface area contributed by atoms with Crippen molar-refractivity contribution in [1.82, 2.24) is 5.16 Å². The van der Waals surface area contributed by atoms with Gasteiger partial charge < -0.3 is 20.3 Å². The maximum atomic E-state index is 12.2. The van der Waals surface area contributed by atoms with Gasteiger partial charge in [-0.1, -0.05) is 17.3 Å². The van der Waals surface area contributed by atoms with Crippen LogP contribution in [0.5, 0.6) is 5.75 Å². The third-order valence-electron chi connectivity index (χ3n) is 2.58. The molecular weight excluding hydrogens is 262 g/mol. The number of para-hydroxylation sites is 1. The maximum Gasteiger partial charge on any atom is 0.308 e. The van der Waals surface area contributed by atoms with Gasteiger partial charge in [-0.3, -0.25) is 9.59 Å². The number of carbonyl (C=O) groups is 2. The highest BCUT2D eigenvalue weighted by molar-refractivity contribution is 6.06. The molecule has 0 fully saturated rings. The average molecular weight is 275 g/mol. The number of amides is 1. The SMILES string of the molecule is CC(=O)Oc1ccccc1C(=O)Nc1noc(N)c1C. The van der Waals surface area contributed by atoms with Crippen molar-refractivity contribution in [2.75, 3.05) is 11.1 Å². The van der Waals surface area contributed by atoms with Crippen LogP contribution in [-0.2, 0) is 4.79 Å². The molecule has 0 spiro atoms. The molecule has 20 heavy (non-hydrogen) atoms. The van der Waals surface area contributed by atoms with Gasteiger partial charge in [0.25, 0.3) is 5.91 Å². The number of esters is 1. The number of anilines is 2. The second-order valence-electron chi connectivity index (χ2n) is 4.06. The molecule has 1 aromatic heterocycles. The highest BCUT2D eigenvalue weighted by Crippen LogP contribution is 2.23. The summed E-state index contributed by atoms with van der Waals surface area (Å²) in [5.41, 5.74) is 6.24. The van der Waals surface area contributed by atoms with Crippen molar-refractivity contribution < 1.29 is 18.8 Å². The summed E-state index contributed by atoms with van der Waals surface area (Å²) in [7, 11) is 0. The largest absolute Gasteiger partial charge is 0.426 e. The lowest BCUT2D eigenvalue weighted by molar-refractivity contribution is -0.131. The van der Waals surface area contributed by atoms with Crippen LogP contribution in [0.15, 0.2) is 28.8 Å². The summed E-state index contributed by atoms with van der Waals surface area (Å²) in [5.74, 6) is -0.448. The molecule has 0 unspecified atom stereocenters. The lowest BCUT2D eigenvalue weighted by Crippen LogP contribution is -2.15. The number of rotatable bonds is 3. The Balaban J connectivity index is 2.25. The van der Waals surface area contributed by atoms with E-state index in [1.54, 1.807) is 19.1 Å². The third kappa shape index (κ3) is 2.77. The van der Waals surface area contributed by atoms with Crippen molar-refractivity contribution in [2.45, 2.75) is 13.8 Å². The molecule has 0 aliphatic heterocycles. The second-order valence-corrected chi connectivity index (χ2v) is 4.06. The Bertz CT molecular complexity index is 663. The Morgan fingerprint density at radius 1 is 1.35 bits per heavy atom. The van der Waals surface area contributed by atoms with E-state index in [2.05, 4.69) is 10.5 Å². The van der Waals surface area contributed by atoms with Gasteiger partial charge in [0.1, 0.15) is 5.75 Å². The van der Waals surface area contributed by atoms with Crippen molar-refractivity contribution in [3.63, 3.8) is 0 Å². The number of nitrogen functional groups attached to an aromatic ring is 1. The molecule has 0 saturated heterocycles. The van der Waals surface area contributed by atoms with Gasteiger partial charge in [0.2, 0.25) is 5.88 Å². The van der Waals surface area contributed by atoms with Crippen molar-refractivity contribution in [3.05, 3.63) is 35.4 Å². The minimum Gasteiger partial charge on any atom is -0.426 e. The molecule has 0 aliphatic carbocycles. The molecule has 7 heteroatoms. The number of nitrogens with zero attached hydrogens (tertiary/aromatic N) is 1. The smallest absolute Gasteiger partial charge is 0.308 e. The number of aromatic nitrogens is 1. The molecule has 7 nitrogen and oxygen atoms in total. The summed E-state index contributed by atoms with van der Waals surface area (Å²) in [6.07, 6.45) is 0. The minimum atomic E-state index is -0.507. The van der Waals surface area contributed by atoms with Crippen LogP contribution in [0.4, 0.5) is 11.7 Å². The first-order valence-electron chi connectivity index (χ1n) is 5.79. The number of hydrogen-bond donors (Lipinski definition) is 2. The van der Waals surface area contributed by atoms with Gasteiger partial charge in [-0.05, 0) is 19.1 Å². The van der Waals surface area contributed by atoms with Gasteiger partial charge in [-0.15, -0.1) is 0 Å². The number of ether oxygens (including phenoxy) is 1. The van der Waals surface area contributed by atoms with E-state index in [1.807, 2.05) is 0 Å². The van der Waals surface area contributed by atoms with Crippen LogP contribution in [0.3, 0.4) is 0 Å². The van der Waals surface area contributed by atoms with Crippen LogP contribution < -0.4 is 15.8 Å². The van der Waals surface area contributed by atoms with Crippen LogP contribution in [0, 0.1) is 6.92 Å². The van der Waals surface area contributed by atoms with E-state index in [4.69, 9.17) is 15.0 Å². The van der Waals surface area contributed by atoms with Gasteiger partial charge in [0.15, 0.2) is 5.82 Å². The van der Waals surface area contributed by atoms with Gasteiger partial charge >= 0.3 is 5.97 Å². The zero-order chi connectivity index (χ0) is 14.7. The van der Waals surface area contributed by atoms with Crippen molar-refractivity contribution in [2.24, 2.45) is 0 Å². The Hall–Kier alpha value is -2.83. The quantitative estimate of drug-likeness (QED) is 0.652. The molecule has 0 radical (unpaired) electrons. The molecule has 0 saturated carbocycles. The average Bonchev–Trinajstić information content (AvgIpc) is 2.70. The van der Waals surface area contributed by atoms with Crippen LogP contribution >= 0.6 is 0 Å². The molecule has 104 valence electrons. The molecule has 1 heterocycles. The summed E-state index contributed by atoms with van der Waals surface area (Å²) < 4.78 is 9.73. The number of carbonyl (C=O) groups excluding carboxylic acids is 2. The van der Waals surface area contributed by atoms with E-state index in [1.165, 1.54) is 19.1 Å². The van der Waals surface area contributed by atoms with Gasteiger partial charge in [0.05, 0.1) is 11.1 Å². The monoisotopic (exact) mass is 275 g/mol. The third-order valence-corrected chi connectivity index (χ3v) is 2.58. The number of nitrogens with one attached hydrogen (secondary N) is 1.